The van der Waals surface area contributed by atoms with Gasteiger partial charge >= 0.3 is 0 Å². The Hall–Kier alpha value is -1.78. The lowest BCUT2D eigenvalue weighted by Crippen LogP contribution is -2.46. The molecule has 1 aromatic carbocycles. The van der Waals surface area contributed by atoms with E-state index >= 15 is 0 Å². The van der Waals surface area contributed by atoms with Crippen LogP contribution in [0, 0.1) is 0 Å². The molecule has 0 amide bonds. The van der Waals surface area contributed by atoms with Crippen LogP contribution in [0.2, 0.25) is 5.15 Å². The molecular formula is C18H22ClN3O. The van der Waals surface area contributed by atoms with Gasteiger partial charge in [0.15, 0.2) is 0 Å². The number of anilines is 1. The molecule has 1 fully saturated rings. The Balaban J connectivity index is 1.67. The molecule has 0 saturated carbocycles. The highest BCUT2D eigenvalue weighted by molar-refractivity contribution is 6.29. The smallest absolute Gasteiger partial charge is 0.135 e. The average molecular weight is 332 g/mol. The Morgan fingerprint density at radius 2 is 1.83 bits per heavy atom. The minimum absolute atomic E-state index is 0.475. The molecule has 0 spiro atoms. The van der Waals surface area contributed by atoms with Crippen molar-refractivity contribution >= 4 is 17.4 Å². The van der Waals surface area contributed by atoms with E-state index in [2.05, 4.69) is 21.7 Å². The van der Waals surface area contributed by atoms with Crippen LogP contribution in [0.25, 0.3) is 0 Å². The van der Waals surface area contributed by atoms with Gasteiger partial charge in [-0.1, -0.05) is 48.9 Å². The molecule has 0 atom stereocenters. The number of hydrogen-bond acceptors (Lipinski definition) is 4. The van der Waals surface area contributed by atoms with Crippen LogP contribution in [0.3, 0.4) is 0 Å². The molecule has 0 unspecified atom stereocenters. The Morgan fingerprint density at radius 3 is 2.52 bits per heavy atom. The molecule has 2 aromatic rings. The van der Waals surface area contributed by atoms with E-state index in [0.29, 0.717) is 11.8 Å². The Morgan fingerprint density at radius 1 is 1.09 bits per heavy atom. The number of likely N-dealkylation sites (N-methyl/N-ethyl adjacent to an activating group) is 1. The molecule has 0 radical (unpaired) electrons. The zero-order valence-corrected chi connectivity index (χ0v) is 14.2. The zero-order valence-electron chi connectivity index (χ0n) is 13.4. The number of nitrogens with zero attached hydrogens (tertiary/aromatic N) is 3. The van der Waals surface area contributed by atoms with Crippen molar-refractivity contribution in [1.82, 2.24) is 9.88 Å². The number of aromatic nitrogens is 1. The fourth-order valence-corrected chi connectivity index (χ4v) is 2.93. The fraction of sp³-hybridized carbons (Fsp3) is 0.389. The molecular weight excluding hydrogens is 310 g/mol. The first-order valence-corrected chi connectivity index (χ1v) is 8.44. The van der Waals surface area contributed by atoms with E-state index in [4.69, 9.17) is 16.3 Å². The van der Waals surface area contributed by atoms with Gasteiger partial charge in [-0.05, 0) is 12.1 Å². The summed E-state index contributed by atoms with van der Waals surface area (Å²) in [5, 5.41) is 0.475. The number of benzene rings is 1. The van der Waals surface area contributed by atoms with Crippen LogP contribution in [-0.4, -0.2) is 42.6 Å². The number of pyridine rings is 1. The summed E-state index contributed by atoms with van der Waals surface area (Å²) in [7, 11) is 0. The third-order valence-electron chi connectivity index (χ3n) is 4.15. The van der Waals surface area contributed by atoms with E-state index in [1.165, 1.54) is 0 Å². The first kappa shape index (κ1) is 16.1. The predicted octanol–water partition coefficient (Wildman–Crippen LogP) is 3.46. The van der Waals surface area contributed by atoms with Crippen molar-refractivity contribution in [3.63, 3.8) is 0 Å². The minimum atomic E-state index is 0.475. The Bertz CT molecular complexity index is 627. The van der Waals surface area contributed by atoms with Crippen molar-refractivity contribution in [2.24, 2.45) is 0 Å². The van der Waals surface area contributed by atoms with Gasteiger partial charge in [0.1, 0.15) is 23.3 Å². The fourth-order valence-electron chi connectivity index (χ4n) is 2.74. The largest absolute Gasteiger partial charge is 0.489 e. The van der Waals surface area contributed by atoms with Crippen molar-refractivity contribution in [2.75, 3.05) is 37.6 Å². The molecule has 1 aliphatic rings. The number of rotatable bonds is 5. The quantitative estimate of drug-likeness (QED) is 0.785. The van der Waals surface area contributed by atoms with Crippen LogP contribution in [0.4, 0.5) is 5.82 Å². The van der Waals surface area contributed by atoms with E-state index in [-0.39, 0.29) is 0 Å². The number of piperazine rings is 1. The van der Waals surface area contributed by atoms with Gasteiger partial charge in [-0.25, -0.2) is 4.98 Å². The highest BCUT2D eigenvalue weighted by Crippen LogP contribution is 2.25. The first-order chi connectivity index (χ1) is 11.2. The van der Waals surface area contributed by atoms with E-state index < -0.39 is 0 Å². The lowest BCUT2D eigenvalue weighted by molar-refractivity contribution is 0.270. The Kier molecular flexibility index (Phi) is 5.36. The molecule has 3 rings (SSSR count). The number of halogens is 1. The van der Waals surface area contributed by atoms with Crippen molar-refractivity contribution < 1.29 is 4.74 Å². The molecule has 1 aromatic heterocycles. The maximum absolute atomic E-state index is 6.18. The van der Waals surface area contributed by atoms with Gasteiger partial charge in [0.25, 0.3) is 0 Å². The lowest BCUT2D eigenvalue weighted by atomic mass is 10.2. The van der Waals surface area contributed by atoms with E-state index in [9.17, 15) is 0 Å². The molecule has 5 heteroatoms. The van der Waals surface area contributed by atoms with Gasteiger partial charge in [0, 0.05) is 38.3 Å². The summed E-state index contributed by atoms with van der Waals surface area (Å²) in [6, 6.07) is 13.9. The summed E-state index contributed by atoms with van der Waals surface area (Å²) in [5.41, 5.74) is 1.14. The maximum atomic E-state index is 6.18. The number of ether oxygens (including phenoxy) is 1. The summed E-state index contributed by atoms with van der Waals surface area (Å²) in [5.74, 6) is 1.66. The van der Waals surface area contributed by atoms with E-state index in [1.54, 1.807) is 6.07 Å². The molecule has 0 N–H and O–H groups in total. The summed E-state index contributed by atoms with van der Waals surface area (Å²) in [6.45, 7) is 7.89. The zero-order chi connectivity index (χ0) is 16.1. The normalized spacial score (nSPS) is 15.7. The highest BCUT2D eigenvalue weighted by atomic mass is 35.5. The molecule has 4 nitrogen and oxygen atoms in total. The second-order valence-corrected chi connectivity index (χ2v) is 6.07. The van der Waals surface area contributed by atoms with Crippen LogP contribution in [0.5, 0.6) is 5.75 Å². The highest BCUT2D eigenvalue weighted by Gasteiger charge is 2.17. The molecule has 2 heterocycles. The maximum Gasteiger partial charge on any atom is 0.135 e. The summed E-state index contributed by atoms with van der Waals surface area (Å²) >= 11 is 6.18. The van der Waals surface area contributed by atoms with Crippen LogP contribution in [0.1, 0.15) is 12.5 Å². The van der Waals surface area contributed by atoms with Crippen LogP contribution in [-0.2, 0) is 6.61 Å². The molecule has 1 aliphatic heterocycles. The van der Waals surface area contributed by atoms with Gasteiger partial charge in [0.2, 0.25) is 0 Å². The second-order valence-electron chi connectivity index (χ2n) is 5.68. The first-order valence-electron chi connectivity index (χ1n) is 8.06. The third kappa shape index (κ3) is 4.36. The molecule has 23 heavy (non-hydrogen) atoms. The second kappa shape index (κ2) is 7.66. The van der Waals surface area contributed by atoms with Crippen molar-refractivity contribution in [2.45, 2.75) is 13.5 Å². The van der Waals surface area contributed by atoms with Gasteiger partial charge in [-0.3, -0.25) is 0 Å². The monoisotopic (exact) mass is 331 g/mol. The van der Waals surface area contributed by atoms with Crippen molar-refractivity contribution in [3.05, 3.63) is 53.2 Å². The number of hydrogen-bond donors (Lipinski definition) is 0. The predicted molar refractivity (Wildman–Crippen MR) is 94.3 cm³/mol. The van der Waals surface area contributed by atoms with Gasteiger partial charge < -0.3 is 14.5 Å². The third-order valence-corrected chi connectivity index (χ3v) is 4.34. The molecule has 122 valence electrons. The topological polar surface area (TPSA) is 28.6 Å². The van der Waals surface area contributed by atoms with Gasteiger partial charge in [-0.15, -0.1) is 0 Å². The molecule has 1 saturated heterocycles. The van der Waals surface area contributed by atoms with E-state index in [0.717, 1.165) is 49.9 Å². The molecule has 0 bridgehead atoms. The summed E-state index contributed by atoms with van der Waals surface area (Å²) < 4.78 is 5.89. The Labute approximate surface area is 142 Å². The van der Waals surface area contributed by atoms with E-state index in [1.807, 2.05) is 36.4 Å². The van der Waals surface area contributed by atoms with Crippen LogP contribution in [0.15, 0.2) is 42.5 Å². The van der Waals surface area contributed by atoms with Gasteiger partial charge in [0.05, 0.1) is 0 Å². The lowest BCUT2D eigenvalue weighted by Gasteiger charge is -2.34. The molecule has 0 aliphatic carbocycles. The minimum Gasteiger partial charge on any atom is -0.489 e. The summed E-state index contributed by atoms with van der Waals surface area (Å²) in [6.07, 6.45) is 0. The van der Waals surface area contributed by atoms with Crippen LogP contribution >= 0.6 is 11.6 Å². The average Bonchev–Trinajstić information content (AvgIpc) is 2.60. The SMILES string of the molecule is CCN1CCN(c2cc(OCc3ccccc3)cc(Cl)n2)CC1. The van der Waals surface area contributed by atoms with Crippen molar-refractivity contribution in [1.29, 1.82) is 0 Å². The standard InChI is InChI=1S/C18H22ClN3O/c1-2-21-8-10-22(11-9-21)18-13-16(12-17(19)20-18)23-14-15-6-4-3-5-7-15/h3-7,12-13H,2,8-11,14H2,1H3. The van der Waals surface area contributed by atoms with Gasteiger partial charge in [-0.2, -0.15) is 0 Å². The summed E-state index contributed by atoms with van der Waals surface area (Å²) in [4.78, 5) is 9.17. The van der Waals surface area contributed by atoms with Crippen molar-refractivity contribution in [3.8, 4) is 5.75 Å². The van der Waals surface area contributed by atoms with Crippen LogP contribution < -0.4 is 9.64 Å².